The third-order valence-corrected chi connectivity index (χ3v) is 5.44. The van der Waals surface area contributed by atoms with Crippen molar-refractivity contribution in [3.05, 3.63) is 29.3 Å². The van der Waals surface area contributed by atoms with Crippen molar-refractivity contribution < 1.29 is 13.2 Å². The monoisotopic (exact) mass is 272 g/mol. The highest BCUT2D eigenvalue weighted by molar-refractivity contribution is 7.92. The molecule has 1 aromatic rings. The van der Waals surface area contributed by atoms with Crippen LogP contribution < -0.4 is 0 Å². The number of carbonyl (C=O) groups excluding carboxylic acids is 1. The first-order valence-corrected chi connectivity index (χ1v) is 7.46. The number of hydrogen-bond acceptors (Lipinski definition) is 3. The normalized spacial score (nSPS) is 21.5. The molecule has 0 aliphatic heterocycles. The molecule has 2 rings (SSSR count). The average molecular weight is 273 g/mol. The van der Waals surface area contributed by atoms with Gasteiger partial charge >= 0.3 is 0 Å². The fraction of sp³-hybridized carbons (Fsp3) is 0.417. The average Bonchev–Trinajstić information content (AvgIpc) is 2.30. The van der Waals surface area contributed by atoms with E-state index in [4.69, 9.17) is 11.6 Å². The lowest BCUT2D eigenvalue weighted by atomic mass is 9.99. The van der Waals surface area contributed by atoms with Gasteiger partial charge in [0.05, 0.1) is 4.90 Å². The summed E-state index contributed by atoms with van der Waals surface area (Å²) in [5.41, 5.74) is 0. The van der Waals surface area contributed by atoms with Crippen molar-refractivity contribution in [1.29, 1.82) is 0 Å². The van der Waals surface area contributed by atoms with Crippen LogP contribution in [0.25, 0.3) is 0 Å². The molecule has 0 aromatic heterocycles. The van der Waals surface area contributed by atoms with E-state index < -0.39 is 15.1 Å². The Balaban J connectivity index is 2.35. The van der Waals surface area contributed by atoms with Crippen LogP contribution in [0.2, 0.25) is 5.02 Å². The van der Waals surface area contributed by atoms with Crippen molar-refractivity contribution >= 4 is 27.2 Å². The number of Topliss-reactive ketones (excluding diaryl/α,β-unsaturated/α-hetero) is 1. The summed E-state index contributed by atoms with van der Waals surface area (Å²) in [6.07, 6.45) is 2.40. The molecule has 0 saturated heterocycles. The summed E-state index contributed by atoms with van der Waals surface area (Å²) in [5.74, 6) is -0.161. The van der Waals surface area contributed by atoms with E-state index in [9.17, 15) is 13.2 Å². The molecule has 3 nitrogen and oxygen atoms in total. The molecule has 0 N–H and O–H groups in total. The lowest BCUT2D eigenvalue weighted by Crippen LogP contribution is -2.33. The fourth-order valence-electron chi connectivity index (χ4n) is 2.07. The maximum atomic E-state index is 12.2. The minimum Gasteiger partial charge on any atom is -0.298 e. The summed E-state index contributed by atoms with van der Waals surface area (Å²) in [6.45, 7) is 0. The second-order valence-corrected chi connectivity index (χ2v) is 6.77. The lowest BCUT2D eigenvalue weighted by molar-refractivity contribution is -0.119. The SMILES string of the molecule is O=C1CCCCC1S(=O)(=O)c1ccc(Cl)cc1. The minimum atomic E-state index is -3.54. The highest BCUT2D eigenvalue weighted by atomic mass is 35.5. The van der Waals surface area contributed by atoms with Gasteiger partial charge < -0.3 is 0 Å². The van der Waals surface area contributed by atoms with Crippen LogP contribution in [0.3, 0.4) is 0 Å². The second-order valence-electron chi connectivity index (χ2n) is 4.20. The van der Waals surface area contributed by atoms with Gasteiger partial charge in [0.15, 0.2) is 15.6 Å². The predicted octanol–water partition coefficient (Wildman–Crippen LogP) is 2.63. The number of hydrogen-bond donors (Lipinski definition) is 0. The Morgan fingerprint density at radius 3 is 2.35 bits per heavy atom. The molecule has 1 saturated carbocycles. The van der Waals surface area contributed by atoms with Crippen LogP contribution >= 0.6 is 11.6 Å². The quantitative estimate of drug-likeness (QED) is 0.832. The molecule has 1 aliphatic rings. The molecule has 5 heteroatoms. The Labute approximate surface area is 106 Å². The van der Waals surface area contributed by atoms with Crippen molar-refractivity contribution in [3.63, 3.8) is 0 Å². The Hall–Kier alpha value is -0.870. The summed E-state index contributed by atoms with van der Waals surface area (Å²) in [4.78, 5) is 11.9. The molecule has 0 amide bonds. The van der Waals surface area contributed by atoms with Crippen LogP contribution in [0.5, 0.6) is 0 Å². The Bertz CT molecular complexity index is 519. The van der Waals surface area contributed by atoms with Gasteiger partial charge in [-0.1, -0.05) is 18.0 Å². The molecule has 0 spiro atoms. The Kier molecular flexibility index (Phi) is 3.54. The van der Waals surface area contributed by atoms with E-state index >= 15 is 0 Å². The number of sulfone groups is 1. The summed E-state index contributed by atoms with van der Waals surface area (Å²) < 4.78 is 24.5. The molecule has 1 fully saturated rings. The van der Waals surface area contributed by atoms with E-state index in [1.807, 2.05) is 0 Å². The molecule has 1 unspecified atom stereocenters. The maximum Gasteiger partial charge on any atom is 0.188 e. The van der Waals surface area contributed by atoms with E-state index in [-0.39, 0.29) is 10.7 Å². The molecule has 0 bridgehead atoms. The minimum absolute atomic E-state index is 0.161. The van der Waals surface area contributed by atoms with Crippen LogP contribution in [0, 0.1) is 0 Å². The van der Waals surface area contributed by atoms with Crippen LogP contribution in [0.1, 0.15) is 25.7 Å². The zero-order valence-corrected chi connectivity index (χ0v) is 10.8. The molecule has 1 atom stereocenters. The molecular formula is C12H13ClO3S. The first kappa shape index (κ1) is 12.6. The van der Waals surface area contributed by atoms with Gasteiger partial charge in [-0.2, -0.15) is 0 Å². The van der Waals surface area contributed by atoms with E-state index in [2.05, 4.69) is 0 Å². The topological polar surface area (TPSA) is 51.2 Å². The molecule has 1 aromatic carbocycles. The van der Waals surface area contributed by atoms with Crippen molar-refractivity contribution in [1.82, 2.24) is 0 Å². The van der Waals surface area contributed by atoms with Gasteiger partial charge in [0, 0.05) is 11.4 Å². The number of halogens is 1. The first-order chi connectivity index (χ1) is 8.01. The molecule has 92 valence electrons. The molecular weight excluding hydrogens is 260 g/mol. The van der Waals surface area contributed by atoms with Gasteiger partial charge in [-0.05, 0) is 37.1 Å². The molecule has 1 aliphatic carbocycles. The third-order valence-electron chi connectivity index (χ3n) is 3.02. The summed E-state index contributed by atoms with van der Waals surface area (Å²) in [6, 6.07) is 5.97. The standard InChI is InChI=1S/C12H13ClO3S/c13-9-5-7-10(8-6-9)17(15,16)12-4-2-1-3-11(12)14/h5-8,12H,1-4H2. The summed E-state index contributed by atoms with van der Waals surface area (Å²) >= 11 is 5.71. The van der Waals surface area contributed by atoms with Crippen LogP contribution in [-0.2, 0) is 14.6 Å². The number of benzene rings is 1. The Morgan fingerprint density at radius 1 is 1.12 bits per heavy atom. The van der Waals surface area contributed by atoms with Gasteiger partial charge in [-0.25, -0.2) is 8.42 Å². The third kappa shape index (κ3) is 2.53. The molecule has 17 heavy (non-hydrogen) atoms. The van der Waals surface area contributed by atoms with E-state index in [1.165, 1.54) is 24.3 Å². The van der Waals surface area contributed by atoms with Crippen molar-refractivity contribution in [2.45, 2.75) is 35.8 Å². The lowest BCUT2D eigenvalue weighted by Gasteiger charge is -2.20. The summed E-state index contributed by atoms with van der Waals surface area (Å²) in [5, 5.41) is -0.378. The number of ketones is 1. The number of carbonyl (C=O) groups is 1. The summed E-state index contributed by atoms with van der Waals surface area (Å²) in [7, 11) is -3.54. The zero-order valence-electron chi connectivity index (χ0n) is 9.23. The van der Waals surface area contributed by atoms with E-state index in [1.54, 1.807) is 0 Å². The van der Waals surface area contributed by atoms with E-state index in [0.29, 0.717) is 17.9 Å². The van der Waals surface area contributed by atoms with Gasteiger partial charge in [-0.3, -0.25) is 4.79 Å². The largest absolute Gasteiger partial charge is 0.298 e. The van der Waals surface area contributed by atoms with Crippen molar-refractivity contribution in [2.75, 3.05) is 0 Å². The van der Waals surface area contributed by atoms with Crippen molar-refractivity contribution in [3.8, 4) is 0 Å². The highest BCUT2D eigenvalue weighted by Gasteiger charge is 2.35. The smallest absolute Gasteiger partial charge is 0.188 e. The molecule has 0 heterocycles. The molecule has 0 radical (unpaired) electrons. The zero-order chi connectivity index (χ0) is 12.5. The highest BCUT2D eigenvalue weighted by Crippen LogP contribution is 2.27. The fourth-order valence-corrected chi connectivity index (χ4v) is 3.98. The maximum absolute atomic E-state index is 12.2. The van der Waals surface area contributed by atoms with Crippen molar-refractivity contribution in [2.24, 2.45) is 0 Å². The van der Waals surface area contributed by atoms with Crippen LogP contribution in [-0.4, -0.2) is 19.5 Å². The van der Waals surface area contributed by atoms with Gasteiger partial charge in [-0.15, -0.1) is 0 Å². The first-order valence-electron chi connectivity index (χ1n) is 5.54. The van der Waals surface area contributed by atoms with Gasteiger partial charge in [0.2, 0.25) is 0 Å². The Morgan fingerprint density at radius 2 is 1.76 bits per heavy atom. The predicted molar refractivity (Wildman–Crippen MR) is 65.9 cm³/mol. The van der Waals surface area contributed by atoms with Crippen LogP contribution in [0.15, 0.2) is 29.2 Å². The van der Waals surface area contributed by atoms with Gasteiger partial charge in [0.1, 0.15) is 5.25 Å². The van der Waals surface area contributed by atoms with Crippen LogP contribution in [0.4, 0.5) is 0 Å². The second kappa shape index (κ2) is 4.78. The number of rotatable bonds is 2. The van der Waals surface area contributed by atoms with Gasteiger partial charge in [0.25, 0.3) is 0 Å². The van der Waals surface area contributed by atoms with E-state index in [0.717, 1.165) is 12.8 Å².